The Kier molecular flexibility index (Phi) is 5.34. The molecule has 0 bridgehead atoms. The lowest BCUT2D eigenvalue weighted by atomic mass is 9.94. The summed E-state index contributed by atoms with van der Waals surface area (Å²) in [6.45, 7) is 3.90. The van der Waals surface area contributed by atoms with Crippen molar-refractivity contribution in [3.8, 4) is 5.75 Å². The number of ketones is 1. The van der Waals surface area contributed by atoms with E-state index in [0.717, 1.165) is 16.7 Å². The third-order valence-electron chi connectivity index (χ3n) is 5.48. The molecule has 31 heavy (non-hydrogen) atoms. The topological polar surface area (TPSA) is 66.8 Å². The second kappa shape index (κ2) is 8.11. The summed E-state index contributed by atoms with van der Waals surface area (Å²) in [5.74, 6) is -1.23. The van der Waals surface area contributed by atoms with E-state index in [1.54, 1.807) is 24.3 Å². The van der Waals surface area contributed by atoms with Crippen LogP contribution in [-0.4, -0.2) is 23.9 Å². The number of benzene rings is 3. The van der Waals surface area contributed by atoms with Gasteiger partial charge in [0.1, 0.15) is 11.5 Å². The first kappa shape index (κ1) is 20.4. The summed E-state index contributed by atoms with van der Waals surface area (Å²) in [6.07, 6.45) is 0. The van der Waals surface area contributed by atoms with Crippen molar-refractivity contribution in [2.24, 2.45) is 0 Å². The average Bonchev–Trinajstić information content (AvgIpc) is 3.04. The van der Waals surface area contributed by atoms with E-state index in [1.165, 1.54) is 12.0 Å². The van der Waals surface area contributed by atoms with Crippen LogP contribution in [-0.2, 0) is 9.59 Å². The second-order valence-electron chi connectivity index (χ2n) is 7.62. The van der Waals surface area contributed by atoms with Crippen LogP contribution in [0.1, 0.15) is 28.3 Å². The van der Waals surface area contributed by atoms with Crippen molar-refractivity contribution < 1.29 is 19.4 Å². The molecule has 3 aromatic carbocycles. The number of anilines is 1. The fraction of sp³-hybridized carbons (Fsp3) is 0.154. The zero-order valence-electron chi connectivity index (χ0n) is 17.6. The molecule has 0 saturated carbocycles. The van der Waals surface area contributed by atoms with Gasteiger partial charge in [0.15, 0.2) is 0 Å². The number of hydrogen-bond donors (Lipinski definition) is 1. The zero-order valence-corrected chi connectivity index (χ0v) is 17.6. The van der Waals surface area contributed by atoms with Gasteiger partial charge in [-0.1, -0.05) is 59.7 Å². The van der Waals surface area contributed by atoms with Crippen molar-refractivity contribution in [2.45, 2.75) is 19.9 Å². The van der Waals surface area contributed by atoms with E-state index in [4.69, 9.17) is 4.74 Å². The van der Waals surface area contributed by atoms with Gasteiger partial charge in [-0.15, -0.1) is 0 Å². The normalized spacial score (nSPS) is 17.8. The molecule has 0 aliphatic carbocycles. The van der Waals surface area contributed by atoms with Crippen molar-refractivity contribution in [1.29, 1.82) is 0 Å². The minimum absolute atomic E-state index is 0.0423. The maximum absolute atomic E-state index is 13.2. The highest BCUT2D eigenvalue weighted by Gasteiger charge is 2.47. The lowest BCUT2D eigenvalue weighted by Crippen LogP contribution is -2.29. The van der Waals surface area contributed by atoms with Crippen LogP contribution in [0, 0.1) is 13.8 Å². The van der Waals surface area contributed by atoms with Crippen molar-refractivity contribution >= 4 is 23.1 Å². The lowest BCUT2D eigenvalue weighted by Gasteiger charge is -2.26. The van der Waals surface area contributed by atoms with Gasteiger partial charge >= 0.3 is 0 Å². The van der Waals surface area contributed by atoms with Crippen LogP contribution < -0.4 is 9.64 Å². The predicted molar refractivity (Wildman–Crippen MR) is 120 cm³/mol. The summed E-state index contributed by atoms with van der Waals surface area (Å²) < 4.78 is 5.37. The number of aliphatic hydroxyl groups is 1. The Morgan fingerprint density at radius 1 is 0.903 bits per heavy atom. The number of nitrogens with zero attached hydrogens (tertiary/aromatic N) is 1. The Morgan fingerprint density at radius 2 is 1.61 bits per heavy atom. The van der Waals surface area contributed by atoms with Gasteiger partial charge in [-0.2, -0.15) is 0 Å². The molecule has 3 aromatic rings. The monoisotopic (exact) mass is 413 g/mol. The molecule has 1 aliphatic heterocycles. The maximum Gasteiger partial charge on any atom is 0.300 e. The molecule has 5 heteroatoms. The van der Waals surface area contributed by atoms with Gasteiger partial charge in [0.25, 0.3) is 11.7 Å². The fourth-order valence-electron chi connectivity index (χ4n) is 3.95. The molecule has 1 atom stereocenters. The molecule has 1 aliphatic rings. The molecule has 0 spiro atoms. The van der Waals surface area contributed by atoms with Gasteiger partial charge in [-0.05, 0) is 43.7 Å². The number of amides is 1. The van der Waals surface area contributed by atoms with Crippen LogP contribution in [0.15, 0.2) is 78.4 Å². The Balaban J connectivity index is 1.98. The molecule has 1 saturated heterocycles. The highest BCUT2D eigenvalue weighted by molar-refractivity contribution is 6.51. The summed E-state index contributed by atoms with van der Waals surface area (Å²) in [6, 6.07) is 21.1. The van der Waals surface area contributed by atoms with Gasteiger partial charge in [0.05, 0.1) is 24.3 Å². The first-order chi connectivity index (χ1) is 14.9. The Bertz CT molecular complexity index is 1190. The number of carbonyl (C=O) groups excluding carboxylic acids is 2. The lowest BCUT2D eigenvalue weighted by molar-refractivity contribution is -0.132. The van der Waals surface area contributed by atoms with Crippen LogP contribution in [0.3, 0.4) is 0 Å². The predicted octanol–water partition coefficient (Wildman–Crippen LogP) is 4.94. The fourth-order valence-corrected chi connectivity index (χ4v) is 3.95. The molecule has 1 amide bonds. The third kappa shape index (κ3) is 3.59. The number of aryl methyl sites for hydroxylation is 2. The van der Waals surface area contributed by atoms with E-state index >= 15 is 0 Å². The van der Waals surface area contributed by atoms with E-state index in [2.05, 4.69) is 0 Å². The standard InChI is InChI=1S/C26H23NO4/c1-16-11-13-19(14-12-16)27-23(18-8-6-7-17(2)15-18)22(25(29)26(27)30)24(28)20-9-4-5-10-21(20)31-3/h4-15,23,28H,1-3H3/b24-22-. The van der Waals surface area contributed by atoms with E-state index in [0.29, 0.717) is 17.0 Å². The number of ether oxygens (including phenoxy) is 1. The van der Waals surface area contributed by atoms with Crippen LogP contribution >= 0.6 is 0 Å². The number of aliphatic hydroxyl groups excluding tert-OH is 1. The molecule has 0 aromatic heterocycles. The summed E-state index contributed by atoms with van der Waals surface area (Å²) in [5, 5.41) is 11.2. The molecule has 1 heterocycles. The quantitative estimate of drug-likeness (QED) is 0.374. The Morgan fingerprint density at radius 3 is 2.29 bits per heavy atom. The van der Waals surface area contributed by atoms with E-state index in [-0.39, 0.29) is 11.3 Å². The zero-order chi connectivity index (χ0) is 22.1. The summed E-state index contributed by atoms with van der Waals surface area (Å²) in [4.78, 5) is 27.8. The van der Waals surface area contributed by atoms with Crippen molar-refractivity contribution in [1.82, 2.24) is 0 Å². The molecule has 1 unspecified atom stereocenters. The minimum Gasteiger partial charge on any atom is -0.507 e. The smallest absolute Gasteiger partial charge is 0.300 e. The molecule has 0 radical (unpaired) electrons. The molecular formula is C26H23NO4. The summed E-state index contributed by atoms with van der Waals surface area (Å²) in [7, 11) is 1.50. The van der Waals surface area contributed by atoms with Gasteiger partial charge in [0, 0.05) is 5.69 Å². The number of rotatable bonds is 4. The Labute approximate surface area is 181 Å². The van der Waals surface area contributed by atoms with Gasteiger partial charge < -0.3 is 9.84 Å². The largest absolute Gasteiger partial charge is 0.507 e. The molecule has 1 fully saturated rings. The summed E-state index contributed by atoms with van der Waals surface area (Å²) >= 11 is 0. The number of Topliss-reactive ketones (excluding diaryl/α,β-unsaturated/α-hetero) is 1. The van der Waals surface area contributed by atoms with Crippen molar-refractivity contribution in [3.63, 3.8) is 0 Å². The molecule has 1 N–H and O–H groups in total. The molecule has 4 rings (SSSR count). The van der Waals surface area contributed by atoms with Crippen molar-refractivity contribution in [3.05, 3.63) is 101 Å². The van der Waals surface area contributed by atoms with Gasteiger partial charge in [-0.3, -0.25) is 14.5 Å². The second-order valence-corrected chi connectivity index (χ2v) is 7.62. The molecule has 5 nitrogen and oxygen atoms in total. The number of carbonyl (C=O) groups is 2. The summed E-state index contributed by atoms with van der Waals surface area (Å²) in [5.41, 5.74) is 3.78. The van der Waals surface area contributed by atoms with E-state index in [1.807, 2.05) is 62.4 Å². The van der Waals surface area contributed by atoms with Crippen LogP contribution in [0.25, 0.3) is 5.76 Å². The Hall–Kier alpha value is -3.86. The SMILES string of the molecule is COc1ccccc1/C(O)=C1/C(=O)C(=O)N(c2ccc(C)cc2)C1c1cccc(C)c1. The highest BCUT2D eigenvalue weighted by atomic mass is 16.5. The minimum atomic E-state index is -0.757. The maximum atomic E-state index is 13.2. The number of para-hydroxylation sites is 1. The van der Waals surface area contributed by atoms with Crippen LogP contribution in [0.5, 0.6) is 5.75 Å². The average molecular weight is 413 g/mol. The van der Waals surface area contributed by atoms with Crippen LogP contribution in [0.4, 0.5) is 5.69 Å². The van der Waals surface area contributed by atoms with E-state index in [9.17, 15) is 14.7 Å². The first-order valence-corrected chi connectivity index (χ1v) is 10.00. The highest BCUT2D eigenvalue weighted by Crippen LogP contribution is 2.43. The van der Waals surface area contributed by atoms with Gasteiger partial charge in [0.2, 0.25) is 0 Å². The van der Waals surface area contributed by atoms with Gasteiger partial charge in [-0.25, -0.2) is 0 Å². The molecule has 156 valence electrons. The van der Waals surface area contributed by atoms with Crippen LogP contribution in [0.2, 0.25) is 0 Å². The van der Waals surface area contributed by atoms with Crippen molar-refractivity contribution in [2.75, 3.05) is 12.0 Å². The number of hydrogen-bond acceptors (Lipinski definition) is 4. The van der Waals surface area contributed by atoms with E-state index < -0.39 is 17.7 Å². The molecular weight excluding hydrogens is 390 g/mol. The number of methoxy groups -OCH3 is 1. The first-order valence-electron chi connectivity index (χ1n) is 10.00. The third-order valence-corrected chi connectivity index (χ3v) is 5.48.